The third-order valence-electron chi connectivity index (χ3n) is 3.35. The SMILES string of the molecule is Cc1ccc(C)c(S(=O)(=O)Nc2ccc(C(=O)O)cc2C)c1. The van der Waals surface area contributed by atoms with Crippen molar-refractivity contribution in [3.05, 3.63) is 58.7 Å². The van der Waals surface area contributed by atoms with Crippen molar-refractivity contribution in [2.24, 2.45) is 0 Å². The third kappa shape index (κ3) is 3.28. The molecule has 0 bridgehead atoms. The maximum absolute atomic E-state index is 12.5. The number of carboxylic acid groups (broad SMARTS) is 1. The van der Waals surface area contributed by atoms with Gasteiger partial charge in [0.15, 0.2) is 0 Å². The molecular weight excluding hydrogens is 302 g/mol. The van der Waals surface area contributed by atoms with Crippen molar-refractivity contribution in [1.29, 1.82) is 0 Å². The fraction of sp³-hybridized carbons (Fsp3) is 0.188. The lowest BCUT2D eigenvalue weighted by molar-refractivity contribution is 0.0697. The summed E-state index contributed by atoms with van der Waals surface area (Å²) in [7, 11) is -3.72. The van der Waals surface area contributed by atoms with Crippen LogP contribution in [-0.2, 0) is 10.0 Å². The number of carbonyl (C=O) groups is 1. The molecule has 2 rings (SSSR count). The number of aromatic carboxylic acids is 1. The minimum Gasteiger partial charge on any atom is -0.478 e. The first kappa shape index (κ1) is 16.0. The largest absolute Gasteiger partial charge is 0.478 e. The highest BCUT2D eigenvalue weighted by Crippen LogP contribution is 2.23. The van der Waals surface area contributed by atoms with Crippen LogP contribution < -0.4 is 4.72 Å². The van der Waals surface area contributed by atoms with Gasteiger partial charge in [0.25, 0.3) is 10.0 Å². The van der Waals surface area contributed by atoms with Crippen LogP contribution in [0, 0.1) is 20.8 Å². The van der Waals surface area contributed by atoms with E-state index in [0.29, 0.717) is 16.8 Å². The monoisotopic (exact) mass is 319 g/mol. The fourth-order valence-electron chi connectivity index (χ4n) is 2.11. The topological polar surface area (TPSA) is 83.5 Å². The second-order valence-electron chi connectivity index (χ2n) is 5.21. The molecule has 116 valence electrons. The highest BCUT2D eigenvalue weighted by atomic mass is 32.2. The van der Waals surface area contributed by atoms with Crippen LogP contribution >= 0.6 is 0 Å². The van der Waals surface area contributed by atoms with Crippen molar-refractivity contribution in [3.63, 3.8) is 0 Å². The Kier molecular flexibility index (Phi) is 4.23. The summed E-state index contributed by atoms with van der Waals surface area (Å²) in [5.74, 6) is -1.05. The number of hydrogen-bond acceptors (Lipinski definition) is 3. The van der Waals surface area contributed by atoms with Crippen LogP contribution in [0.2, 0.25) is 0 Å². The molecule has 2 aromatic carbocycles. The van der Waals surface area contributed by atoms with Gasteiger partial charge in [-0.2, -0.15) is 0 Å². The molecule has 0 saturated carbocycles. The van der Waals surface area contributed by atoms with Gasteiger partial charge in [0.2, 0.25) is 0 Å². The maximum Gasteiger partial charge on any atom is 0.335 e. The molecule has 5 nitrogen and oxygen atoms in total. The van der Waals surface area contributed by atoms with Crippen LogP contribution in [0.3, 0.4) is 0 Å². The normalized spacial score (nSPS) is 11.2. The number of carboxylic acids is 1. The molecule has 0 unspecified atom stereocenters. The van der Waals surface area contributed by atoms with E-state index in [1.807, 2.05) is 13.0 Å². The van der Waals surface area contributed by atoms with Crippen LogP contribution in [0.5, 0.6) is 0 Å². The Labute approximate surface area is 129 Å². The summed E-state index contributed by atoms with van der Waals surface area (Å²) in [6.45, 7) is 5.22. The minimum absolute atomic E-state index is 0.118. The highest BCUT2D eigenvalue weighted by Gasteiger charge is 2.18. The van der Waals surface area contributed by atoms with Gasteiger partial charge >= 0.3 is 5.97 Å². The van der Waals surface area contributed by atoms with E-state index >= 15 is 0 Å². The highest BCUT2D eigenvalue weighted by molar-refractivity contribution is 7.92. The van der Waals surface area contributed by atoms with Crippen molar-refractivity contribution in [1.82, 2.24) is 0 Å². The molecule has 0 aliphatic carbocycles. The fourth-order valence-corrected chi connectivity index (χ4v) is 3.57. The van der Waals surface area contributed by atoms with Crippen molar-refractivity contribution in [2.75, 3.05) is 4.72 Å². The standard InChI is InChI=1S/C16H17NO4S/c1-10-4-5-11(2)15(8-10)22(20,21)17-14-7-6-13(16(18)19)9-12(14)3/h4-9,17H,1-3H3,(H,18,19). The summed E-state index contributed by atoms with van der Waals surface area (Å²) in [5, 5.41) is 8.94. The summed E-state index contributed by atoms with van der Waals surface area (Å²) in [4.78, 5) is 11.1. The predicted octanol–water partition coefficient (Wildman–Crippen LogP) is 3.11. The molecule has 0 heterocycles. The number of aryl methyl sites for hydroxylation is 3. The molecular formula is C16H17NO4S. The number of sulfonamides is 1. The molecule has 0 atom stereocenters. The van der Waals surface area contributed by atoms with Gasteiger partial charge < -0.3 is 5.11 Å². The Morgan fingerprint density at radius 2 is 1.68 bits per heavy atom. The van der Waals surface area contributed by atoms with Crippen molar-refractivity contribution >= 4 is 21.7 Å². The van der Waals surface area contributed by atoms with Crippen molar-refractivity contribution < 1.29 is 18.3 Å². The zero-order chi connectivity index (χ0) is 16.5. The van der Waals surface area contributed by atoms with Crippen molar-refractivity contribution in [2.45, 2.75) is 25.7 Å². The molecule has 2 N–H and O–H groups in total. The van der Waals surface area contributed by atoms with Crippen LogP contribution in [0.25, 0.3) is 0 Å². The van der Waals surface area contributed by atoms with E-state index in [1.165, 1.54) is 18.2 Å². The molecule has 0 saturated heterocycles. The molecule has 2 aromatic rings. The Morgan fingerprint density at radius 1 is 1.00 bits per heavy atom. The van der Waals surface area contributed by atoms with E-state index in [1.54, 1.807) is 26.0 Å². The lowest BCUT2D eigenvalue weighted by Gasteiger charge is -2.13. The van der Waals surface area contributed by atoms with E-state index in [0.717, 1.165) is 5.56 Å². The number of nitrogens with one attached hydrogen (secondary N) is 1. The second kappa shape index (κ2) is 5.81. The smallest absolute Gasteiger partial charge is 0.335 e. The zero-order valence-corrected chi connectivity index (χ0v) is 13.4. The average Bonchev–Trinajstić information content (AvgIpc) is 2.43. The van der Waals surface area contributed by atoms with E-state index in [2.05, 4.69) is 4.72 Å². The van der Waals surface area contributed by atoms with Crippen LogP contribution in [-0.4, -0.2) is 19.5 Å². The minimum atomic E-state index is -3.72. The van der Waals surface area contributed by atoms with Gasteiger partial charge in [0, 0.05) is 0 Å². The molecule has 0 aromatic heterocycles. The van der Waals surface area contributed by atoms with Crippen LogP contribution in [0.4, 0.5) is 5.69 Å². The van der Waals surface area contributed by atoms with Crippen LogP contribution in [0.1, 0.15) is 27.0 Å². The Hall–Kier alpha value is -2.34. The van der Waals surface area contributed by atoms with Gasteiger partial charge in [0.1, 0.15) is 0 Å². The first-order chi connectivity index (χ1) is 10.2. The van der Waals surface area contributed by atoms with Gasteiger partial charge in [0.05, 0.1) is 16.1 Å². The molecule has 22 heavy (non-hydrogen) atoms. The summed E-state index contributed by atoms with van der Waals surface area (Å²) >= 11 is 0. The number of benzene rings is 2. The van der Waals surface area contributed by atoms with E-state index in [-0.39, 0.29) is 10.5 Å². The maximum atomic E-state index is 12.5. The average molecular weight is 319 g/mol. The summed E-state index contributed by atoms with van der Waals surface area (Å²) < 4.78 is 27.6. The Balaban J connectivity index is 2.41. The van der Waals surface area contributed by atoms with Gasteiger partial charge in [-0.05, 0) is 61.7 Å². The number of hydrogen-bond donors (Lipinski definition) is 2. The first-order valence-corrected chi connectivity index (χ1v) is 8.13. The van der Waals surface area contributed by atoms with E-state index in [9.17, 15) is 13.2 Å². The summed E-state index contributed by atoms with van der Waals surface area (Å²) in [5.41, 5.74) is 2.54. The third-order valence-corrected chi connectivity index (χ3v) is 4.86. The van der Waals surface area contributed by atoms with Crippen molar-refractivity contribution in [3.8, 4) is 0 Å². The zero-order valence-electron chi connectivity index (χ0n) is 12.5. The molecule has 6 heteroatoms. The van der Waals surface area contributed by atoms with Gasteiger partial charge in [-0.25, -0.2) is 13.2 Å². The Morgan fingerprint density at radius 3 is 2.27 bits per heavy atom. The molecule has 0 aliphatic heterocycles. The summed E-state index contributed by atoms with van der Waals surface area (Å²) in [6, 6.07) is 9.48. The predicted molar refractivity (Wildman–Crippen MR) is 84.9 cm³/mol. The number of rotatable bonds is 4. The van der Waals surface area contributed by atoms with E-state index < -0.39 is 16.0 Å². The van der Waals surface area contributed by atoms with Gasteiger partial charge in [-0.3, -0.25) is 4.72 Å². The van der Waals surface area contributed by atoms with E-state index in [4.69, 9.17) is 5.11 Å². The summed E-state index contributed by atoms with van der Waals surface area (Å²) in [6.07, 6.45) is 0. The lowest BCUT2D eigenvalue weighted by Crippen LogP contribution is -2.15. The number of anilines is 1. The Bertz CT molecular complexity index is 841. The molecule has 0 fully saturated rings. The quantitative estimate of drug-likeness (QED) is 0.907. The molecule has 0 radical (unpaired) electrons. The molecule has 0 aliphatic rings. The lowest BCUT2D eigenvalue weighted by atomic mass is 10.1. The van der Waals surface area contributed by atoms with Gasteiger partial charge in [-0.15, -0.1) is 0 Å². The molecule has 0 amide bonds. The van der Waals surface area contributed by atoms with Crippen LogP contribution in [0.15, 0.2) is 41.3 Å². The van der Waals surface area contributed by atoms with Gasteiger partial charge in [-0.1, -0.05) is 12.1 Å². The first-order valence-electron chi connectivity index (χ1n) is 6.65. The second-order valence-corrected chi connectivity index (χ2v) is 6.86. The molecule has 0 spiro atoms.